The molecule has 1 aromatic rings. The first-order valence-electron chi connectivity index (χ1n) is 5.56. The maximum Gasteiger partial charge on any atom is 0.326 e. The molecule has 0 bridgehead atoms. The van der Waals surface area contributed by atoms with Crippen molar-refractivity contribution in [3.05, 3.63) is 27.1 Å². The van der Waals surface area contributed by atoms with E-state index in [2.05, 4.69) is 5.32 Å². The number of carboxylic acid groups (broad SMARTS) is 1. The minimum Gasteiger partial charge on any atom is -0.480 e. The standard InChI is InChI=1S/C10H12N2O7S2/c1-21(18,19)5-4-6(10(14)15)11-9(13)7-2-3-8(20-7)12(16)17/h2-3,6H,4-5H2,1H3,(H,11,13)(H,14,15). The van der Waals surface area contributed by atoms with E-state index in [1.165, 1.54) is 6.07 Å². The van der Waals surface area contributed by atoms with Gasteiger partial charge in [0.25, 0.3) is 5.91 Å². The second kappa shape index (κ2) is 6.63. The number of sulfone groups is 1. The highest BCUT2D eigenvalue weighted by Gasteiger charge is 2.24. The molecule has 0 saturated carbocycles. The average Bonchev–Trinajstić information content (AvgIpc) is 2.82. The maximum absolute atomic E-state index is 11.8. The lowest BCUT2D eigenvalue weighted by atomic mass is 10.2. The van der Waals surface area contributed by atoms with E-state index in [9.17, 15) is 28.1 Å². The van der Waals surface area contributed by atoms with Crippen LogP contribution in [0.4, 0.5) is 5.00 Å². The Balaban J connectivity index is 2.76. The largest absolute Gasteiger partial charge is 0.480 e. The van der Waals surface area contributed by atoms with E-state index in [0.29, 0.717) is 11.3 Å². The Hall–Kier alpha value is -2.01. The van der Waals surface area contributed by atoms with Crippen molar-refractivity contribution in [3.63, 3.8) is 0 Å². The lowest BCUT2D eigenvalue weighted by Gasteiger charge is -2.13. The van der Waals surface area contributed by atoms with Gasteiger partial charge in [0, 0.05) is 12.3 Å². The topological polar surface area (TPSA) is 144 Å². The highest BCUT2D eigenvalue weighted by atomic mass is 32.2. The van der Waals surface area contributed by atoms with Gasteiger partial charge in [0.1, 0.15) is 15.9 Å². The number of thiophene rings is 1. The highest BCUT2D eigenvalue weighted by Crippen LogP contribution is 2.23. The molecule has 1 heterocycles. The van der Waals surface area contributed by atoms with E-state index in [4.69, 9.17) is 5.11 Å². The molecule has 1 aromatic heterocycles. The van der Waals surface area contributed by atoms with E-state index in [0.717, 1.165) is 12.3 Å². The van der Waals surface area contributed by atoms with Crippen LogP contribution in [0.25, 0.3) is 0 Å². The molecule has 0 radical (unpaired) electrons. The molecule has 2 N–H and O–H groups in total. The molecule has 1 amide bonds. The van der Waals surface area contributed by atoms with Gasteiger partial charge >= 0.3 is 11.0 Å². The molecular formula is C10H12N2O7S2. The molecule has 116 valence electrons. The number of carboxylic acids is 1. The minimum atomic E-state index is -3.36. The summed E-state index contributed by atoms with van der Waals surface area (Å²) < 4.78 is 22.0. The third-order valence-electron chi connectivity index (χ3n) is 2.38. The van der Waals surface area contributed by atoms with Crippen LogP contribution in [0.3, 0.4) is 0 Å². The third-order valence-corrected chi connectivity index (χ3v) is 4.39. The Morgan fingerprint density at radius 1 is 1.48 bits per heavy atom. The molecule has 1 rings (SSSR count). The van der Waals surface area contributed by atoms with Crippen molar-refractivity contribution in [3.8, 4) is 0 Å². The number of hydrogen-bond acceptors (Lipinski definition) is 7. The summed E-state index contributed by atoms with van der Waals surface area (Å²) in [5, 5.41) is 21.3. The van der Waals surface area contributed by atoms with E-state index < -0.39 is 38.4 Å². The molecule has 0 aliphatic carbocycles. The van der Waals surface area contributed by atoms with E-state index in [-0.39, 0.29) is 16.3 Å². The first-order chi connectivity index (χ1) is 9.60. The molecule has 21 heavy (non-hydrogen) atoms. The zero-order chi connectivity index (χ0) is 16.2. The number of amides is 1. The van der Waals surface area contributed by atoms with Crippen LogP contribution in [-0.2, 0) is 14.6 Å². The molecule has 11 heteroatoms. The Bertz CT molecular complexity index is 665. The van der Waals surface area contributed by atoms with Gasteiger partial charge in [0.15, 0.2) is 0 Å². The summed E-state index contributed by atoms with van der Waals surface area (Å²) in [7, 11) is -3.36. The second-order valence-electron chi connectivity index (χ2n) is 4.18. The zero-order valence-corrected chi connectivity index (χ0v) is 12.4. The van der Waals surface area contributed by atoms with Crippen molar-refractivity contribution in [1.82, 2.24) is 5.32 Å². The van der Waals surface area contributed by atoms with Crippen molar-refractivity contribution in [2.45, 2.75) is 12.5 Å². The van der Waals surface area contributed by atoms with E-state index in [1.807, 2.05) is 0 Å². The minimum absolute atomic E-state index is 0.0210. The molecule has 0 saturated heterocycles. The Morgan fingerprint density at radius 3 is 2.52 bits per heavy atom. The van der Waals surface area contributed by atoms with Gasteiger partial charge in [-0.05, 0) is 12.5 Å². The Labute approximate surface area is 123 Å². The van der Waals surface area contributed by atoms with Crippen LogP contribution in [0.1, 0.15) is 16.1 Å². The van der Waals surface area contributed by atoms with E-state index in [1.54, 1.807) is 0 Å². The molecule has 1 atom stereocenters. The summed E-state index contributed by atoms with van der Waals surface area (Å²) in [5.41, 5.74) is 0. The molecule has 0 fully saturated rings. The number of nitrogens with zero attached hydrogens (tertiary/aromatic N) is 1. The van der Waals surface area contributed by atoms with Gasteiger partial charge in [-0.25, -0.2) is 13.2 Å². The van der Waals surface area contributed by atoms with Crippen molar-refractivity contribution in [2.75, 3.05) is 12.0 Å². The summed E-state index contributed by atoms with van der Waals surface area (Å²) >= 11 is 0.604. The van der Waals surface area contributed by atoms with Crippen molar-refractivity contribution >= 4 is 38.1 Å². The summed E-state index contributed by atoms with van der Waals surface area (Å²) in [6.45, 7) is 0. The van der Waals surface area contributed by atoms with Crippen molar-refractivity contribution < 1.29 is 28.0 Å². The smallest absolute Gasteiger partial charge is 0.326 e. The highest BCUT2D eigenvalue weighted by molar-refractivity contribution is 7.90. The number of nitro groups is 1. The number of aliphatic carboxylic acids is 1. The first-order valence-corrected chi connectivity index (χ1v) is 8.43. The van der Waals surface area contributed by atoms with Crippen LogP contribution in [-0.4, -0.2) is 48.4 Å². The number of carbonyl (C=O) groups is 2. The summed E-state index contributed by atoms with van der Waals surface area (Å²) in [5.74, 6) is -2.57. The van der Waals surface area contributed by atoms with Crippen LogP contribution >= 0.6 is 11.3 Å². The van der Waals surface area contributed by atoms with Crippen LogP contribution < -0.4 is 5.32 Å². The molecule has 9 nitrogen and oxygen atoms in total. The number of rotatable bonds is 7. The van der Waals surface area contributed by atoms with Crippen LogP contribution in [0.2, 0.25) is 0 Å². The normalized spacial score (nSPS) is 12.6. The van der Waals surface area contributed by atoms with Crippen LogP contribution in [0.15, 0.2) is 12.1 Å². The fraction of sp³-hybridized carbons (Fsp3) is 0.400. The lowest BCUT2D eigenvalue weighted by molar-refractivity contribution is -0.380. The van der Waals surface area contributed by atoms with Crippen molar-refractivity contribution in [1.29, 1.82) is 0 Å². The lowest BCUT2D eigenvalue weighted by Crippen LogP contribution is -2.41. The number of carbonyl (C=O) groups excluding carboxylic acids is 1. The van der Waals surface area contributed by atoms with Gasteiger partial charge in [-0.15, -0.1) is 0 Å². The Morgan fingerprint density at radius 2 is 2.10 bits per heavy atom. The van der Waals surface area contributed by atoms with Gasteiger partial charge in [0.05, 0.1) is 15.6 Å². The zero-order valence-electron chi connectivity index (χ0n) is 10.8. The van der Waals surface area contributed by atoms with Crippen LogP contribution in [0.5, 0.6) is 0 Å². The van der Waals surface area contributed by atoms with Gasteiger partial charge in [0.2, 0.25) is 0 Å². The summed E-state index contributed by atoms with van der Waals surface area (Å²) in [4.78, 5) is 32.6. The maximum atomic E-state index is 11.8. The molecule has 0 spiro atoms. The molecule has 0 aliphatic heterocycles. The monoisotopic (exact) mass is 336 g/mol. The molecule has 1 unspecified atom stereocenters. The Kier molecular flexibility index (Phi) is 5.38. The van der Waals surface area contributed by atoms with Gasteiger partial charge in [-0.3, -0.25) is 14.9 Å². The van der Waals surface area contributed by atoms with Gasteiger partial charge < -0.3 is 10.4 Å². The van der Waals surface area contributed by atoms with Crippen molar-refractivity contribution in [2.24, 2.45) is 0 Å². The van der Waals surface area contributed by atoms with Gasteiger partial charge in [-0.2, -0.15) is 0 Å². The predicted octanol–water partition coefficient (Wildman–Crippen LogP) is 0.274. The number of hydrogen-bond donors (Lipinski definition) is 2. The SMILES string of the molecule is CS(=O)(=O)CCC(NC(=O)c1ccc([N+](=O)[O-])s1)C(=O)O. The third kappa shape index (κ3) is 5.47. The fourth-order valence-corrected chi connectivity index (χ4v) is 2.75. The summed E-state index contributed by atoms with van der Waals surface area (Å²) in [6.07, 6.45) is 0.670. The average molecular weight is 336 g/mol. The van der Waals surface area contributed by atoms with E-state index >= 15 is 0 Å². The predicted molar refractivity (Wildman–Crippen MR) is 74.2 cm³/mol. The molecular weight excluding hydrogens is 324 g/mol. The second-order valence-corrected chi connectivity index (χ2v) is 7.50. The quantitative estimate of drug-likeness (QED) is 0.537. The summed E-state index contributed by atoms with van der Waals surface area (Å²) in [6, 6.07) is 0.952. The van der Waals surface area contributed by atoms with Gasteiger partial charge in [-0.1, -0.05) is 11.3 Å². The number of nitrogens with one attached hydrogen (secondary N) is 1. The molecule has 0 aliphatic rings. The molecule has 0 aromatic carbocycles. The fourth-order valence-electron chi connectivity index (χ4n) is 1.37. The van der Waals surface area contributed by atoms with Crippen LogP contribution in [0, 0.1) is 10.1 Å². The first kappa shape index (κ1) is 17.0.